The Balaban J connectivity index is 1.57. The van der Waals surface area contributed by atoms with Gasteiger partial charge in [0.1, 0.15) is 11.5 Å². The van der Waals surface area contributed by atoms with E-state index in [0.717, 1.165) is 37.5 Å². The Labute approximate surface area is 197 Å². The lowest BCUT2D eigenvalue weighted by Gasteiger charge is -2.27. The van der Waals surface area contributed by atoms with Crippen LogP contribution in [0.1, 0.15) is 123 Å². The maximum Gasteiger partial charge on any atom is 0.314 e. The number of carbonyl (C=O) groups is 1. The predicted octanol–water partition coefficient (Wildman–Crippen LogP) is 8.89. The minimum Gasteiger partial charge on any atom is -0.494 e. The van der Waals surface area contributed by atoms with Crippen LogP contribution in [0.2, 0.25) is 0 Å². The van der Waals surface area contributed by atoms with E-state index in [1.807, 2.05) is 24.3 Å². The van der Waals surface area contributed by atoms with Gasteiger partial charge in [0.2, 0.25) is 0 Å². The fourth-order valence-corrected chi connectivity index (χ4v) is 4.78. The first kappa shape index (κ1) is 26.7. The van der Waals surface area contributed by atoms with Crippen molar-refractivity contribution in [3.05, 3.63) is 24.3 Å². The fourth-order valence-electron chi connectivity index (χ4n) is 4.78. The van der Waals surface area contributed by atoms with Gasteiger partial charge in [-0.25, -0.2) is 0 Å². The number of ether oxygens (including phenoxy) is 2. The van der Waals surface area contributed by atoms with Gasteiger partial charge in [-0.15, -0.1) is 0 Å². The van der Waals surface area contributed by atoms with Crippen LogP contribution in [0.3, 0.4) is 0 Å². The van der Waals surface area contributed by atoms with E-state index in [2.05, 4.69) is 13.8 Å². The highest BCUT2D eigenvalue weighted by molar-refractivity contribution is 5.75. The fraction of sp³-hybridized carbons (Fsp3) is 0.759. The second-order valence-electron chi connectivity index (χ2n) is 9.78. The topological polar surface area (TPSA) is 35.5 Å². The number of unbranched alkanes of at least 4 members (excludes halogenated alkanes) is 10. The van der Waals surface area contributed by atoms with Crippen LogP contribution in [0.25, 0.3) is 0 Å². The van der Waals surface area contributed by atoms with Crippen molar-refractivity contribution in [3.63, 3.8) is 0 Å². The van der Waals surface area contributed by atoms with Crippen molar-refractivity contribution in [2.24, 2.45) is 11.8 Å². The van der Waals surface area contributed by atoms with Crippen LogP contribution >= 0.6 is 0 Å². The Bertz CT molecular complexity index is 587. The lowest BCUT2D eigenvalue weighted by molar-refractivity contribution is -0.140. The molecule has 1 aromatic rings. The van der Waals surface area contributed by atoms with Crippen molar-refractivity contribution in [2.45, 2.75) is 123 Å². The van der Waals surface area contributed by atoms with Crippen molar-refractivity contribution in [2.75, 3.05) is 6.61 Å². The molecule has 0 unspecified atom stereocenters. The number of esters is 1. The average Bonchev–Trinajstić information content (AvgIpc) is 2.82. The molecule has 1 fully saturated rings. The first-order valence-corrected chi connectivity index (χ1v) is 13.7. The van der Waals surface area contributed by atoms with Crippen LogP contribution in [0.15, 0.2) is 24.3 Å². The zero-order valence-corrected chi connectivity index (χ0v) is 20.9. The van der Waals surface area contributed by atoms with Gasteiger partial charge in [-0.1, -0.05) is 90.9 Å². The van der Waals surface area contributed by atoms with Crippen LogP contribution < -0.4 is 9.47 Å². The van der Waals surface area contributed by atoms with E-state index in [4.69, 9.17) is 9.47 Å². The largest absolute Gasteiger partial charge is 0.494 e. The minimum absolute atomic E-state index is 0.0527. The summed E-state index contributed by atoms with van der Waals surface area (Å²) in [6, 6.07) is 7.55. The Kier molecular flexibility index (Phi) is 14.2. The van der Waals surface area contributed by atoms with Gasteiger partial charge < -0.3 is 9.47 Å². The van der Waals surface area contributed by atoms with Gasteiger partial charge in [0.05, 0.1) is 12.5 Å². The smallest absolute Gasteiger partial charge is 0.314 e. The highest BCUT2D eigenvalue weighted by atomic mass is 16.5. The lowest BCUT2D eigenvalue weighted by atomic mass is 9.80. The SMILES string of the molecule is CCCCCCCCCOc1ccc(OC(=O)C2CCC(CCCCCCC)CC2)cc1. The molecule has 3 nitrogen and oxygen atoms in total. The van der Waals surface area contributed by atoms with Gasteiger partial charge in [0.25, 0.3) is 0 Å². The number of rotatable bonds is 17. The van der Waals surface area contributed by atoms with Gasteiger partial charge in [0.15, 0.2) is 0 Å². The zero-order valence-electron chi connectivity index (χ0n) is 20.9. The van der Waals surface area contributed by atoms with Crippen molar-refractivity contribution in [1.82, 2.24) is 0 Å². The van der Waals surface area contributed by atoms with Gasteiger partial charge >= 0.3 is 5.97 Å². The van der Waals surface area contributed by atoms with Gasteiger partial charge in [0, 0.05) is 0 Å². The monoisotopic (exact) mass is 444 g/mol. The lowest BCUT2D eigenvalue weighted by Crippen LogP contribution is -2.25. The third-order valence-corrected chi connectivity index (χ3v) is 6.95. The molecule has 0 amide bonds. The third-order valence-electron chi connectivity index (χ3n) is 6.95. The summed E-state index contributed by atoms with van der Waals surface area (Å²) in [5.41, 5.74) is 0. The number of carbonyl (C=O) groups excluding carboxylic acids is 1. The molecule has 0 aromatic heterocycles. The molecule has 0 atom stereocenters. The molecule has 0 heterocycles. The summed E-state index contributed by atoms with van der Waals surface area (Å²) in [6.07, 6.45) is 21.4. The van der Waals surface area contributed by atoms with Crippen LogP contribution in [-0.2, 0) is 4.79 Å². The second-order valence-corrected chi connectivity index (χ2v) is 9.78. The zero-order chi connectivity index (χ0) is 22.9. The molecule has 1 aliphatic carbocycles. The van der Waals surface area contributed by atoms with Crippen LogP contribution in [0.4, 0.5) is 0 Å². The minimum atomic E-state index is -0.0527. The molecule has 0 N–H and O–H groups in total. The Hall–Kier alpha value is -1.51. The molecule has 32 heavy (non-hydrogen) atoms. The summed E-state index contributed by atoms with van der Waals surface area (Å²) in [5, 5.41) is 0. The van der Waals surface area contributed by atoms with Crippen molar-refractivity contribution in [1.29, 1.82) is 0 Å². The molecule has 1 aromatic carbocycles. The summed E-state index contributed by atoms with van der Waals surface area (Å²) in [5.74, 6) is 2.32. The average molecular weight is 445 g/mol. The summed E-state index contributed by atoms with van der Waals surface area (Å²) >= 11 is 0. The summed E-state index contributed by atoms with van der Waals surface area (Å²) in [4.78, 5) is 12.6. The van der Waals surface area contributed by atoms with E-state index in [9.17, 15) is 4.79 Å². The molecule has 0 spiro atoms. The first-order chi connectivity index (χ1) is 15.7. The quantitative estimate of drug-likeness (QED) is 0.137. The molecular weight excluding hydrogens is 396 g/mol. The van der Waals surface area contributed by atoms with E-state index in [1.165, 1.54) is 89.9 Å². The summed E-state index contributed by atoms with van der Waals surface area (Å²) in [7, 11) is 0. The number of hydrogen-bond donors (Lipinski definition) is 0. The Morgan fingerprint density at radius 2 is 1.25 bits per heavy atom. The molecule has 0 radical (unpaired) electrons. The standard InChI is InChI=1S/C29H48O3/c1-3-5-7-9-10-12-14-24-31-27-20-22-28(23-21-27)32-29(30)26-18-16-25(17-19-26)15-13-11-8-6-4-2/h20-23,25-26H,3-19,24H2,1-2H3. The molecule has 182 valence electrons. The van der Waals surface area contributed by atoms with E-state index in [-0.39, 0.29) is 11.9 Å². The molecule has 0 aliphatic heterocycles. The van der Waals surface area contributed by atoms with Crippen LogP contribution in [0.5, 0.6) is 11.5 Å². The van der Waals surface area contributed by atoms with Gasteiger partial charge in [-0.3, -0.25) is 4.79 Å². The highest BCUT2D eigenvalue weighted by Gasteiger charge is 2.27. The molecule has 2 rings (SSSR count). The van der Waals surface area contributed by atoms with E-state index in [1.54, 1.807) is 0 Å². The second kappa shape index (κ2) is 17.0. The molecule has 0 bridgehead atoms. The third kappa shape index (κ3) is 11.4. The van der Waals surface area contributed by atoms with Gasteiger partial charge in [-0.05, 0) is 62.3 Å². The number of benzene rings is 1. The van der Waals surface area contributed by atoms with E-state index in [0.29, 0.717) is 5.75 Å². The maximum absolute atomic E-state index is 12.6. The Morgan fingerprint density at radius 1 is 0.719 bits per heavy atom. The normalized spacial score (nSPS) is 18.4. The Morgan fingerprint density at radius 3 is 1.88 bits per heavy atom. The molecule has 1 aliphatic rings. The first-order valence-electron chi connectivity index (χ1n) is 13.7. The highest BCUT2D eigenvalue weighted by Crippen LogP contribution is 2.33. The van der Waals surface area contributed by atoms with Gasteiger partial charge in [-0.2, -0.15) is 0 Å². The number of hydrogen-bond acceptors (Lipinski definition) is 3. The van der Waals surface area contributed by atoms with Crippen molar-refractivity contribution < 1.29 is 14.3 Å². The molecule has 0 saturated heterocycles. The predicted molar refractivity (Wildman–Crippen MR) is 134 cm³/mol. The van der Waals surface area contributed by atoms with Crippen molar-refractivity contribution >= 4 is 5.97 Å². The summed E-state index contributed by atoms with van der Waals surface area (Å²) in [6.45, 7) is 5.28. The molecular formula is C29H48O3. The van der Waals surface area contributed by atoms with Crippen molar-refractivity contribution in [3.8, 4) is 11.5 Å². The molecule has 1 saturated carbocycles. The molecule has 3 heteroatoms. The van der Waals surface area contributed by atoms with E-state index < -0.39 is 0 Å². The van der Waals surface area contributed by atoms with Crippen LogP contribution in [-0.4, -0.2) is 12.6 Å². The van der Waals surface area contributed by atoms with E-state index >= 15 is 0 Å². The van der Waals surface area contributed by atoms with Crippen LogP contribution in [0, 0.1) is 11.8 Å². The maximum atomic E-state index is 12.6. The summed E-state index contributed by atoms with van der Waals surface area (Å²) < 4.78 is 11.5.